The maximum absolute atomic E-state index is 13.1. The van der Waals surface area contributed by atoms with Crippen molar-refractivity contribution in [1.82, 2.24) is 10.6 Å². The second kappa shape index (κ2) is 19.1. The lowest BCUT2D eigenvalue weighted by Crippen LogP contribution is -2.49. The van der Waals surface area contributed by atoms with Crippen LogP contribution in [0.3, 0.4) is 0 Å². The van der Waals surface area contributed by atoms with Crippen LogP contribution in [0.2, 0.25) is 0 Å². The minimum atomic E-state index is -1.13. The van der Waals surface area contributed by atoms with Gasteiger partial charge in [0.25, 0.3) is 0 Å². The molecule has 0 aliphatic rings. The minimum absolute atomic E-state index is 0. The number of carboxylic acid groups (broad SMARTS) is 1. The summed E-state index contributed by atoms with van der Waals surface area (Å²) >= 11 is 1.44. The molecule has 0 radical (unpaired) electrons. The fourth-order valence-corrected chi connectivity index (χ4v) is 4.53. The zero-order valence-corrected chi connectivity index (χ0v) is 25.3. The maximum atomic E-state index is 13.1. The van der Waals surface area contributed by atoms with Crippen LogP contribution in [0.5, 0.6) is 0 Å². The molecule has 0 unspecified atom stereocenters. The number of carbonyl (C=O) groups excluding carboxylic acids is 2. The molecule has 0 spiro atoms. The average molecular weight is 575 g/mol. The van der Waals surface area contributed by atoms with Crippen molar-refractivity contribution in [3.63, 3.8) is 0 Å². The number of alkyl carbamates (subject to hydrolysis) is 1. The summed E-state index contributed by atoms with van der Waals surface area (Å²) < 4.78 is 5.30. The summed E-state index contributed by atoms with van der Waals surface area (Å²) in [6.07, 6.45) is 9.97. The SMILES string of the molecule is C.CC(C)=CCC/C(C)=C/CC/C(C)=C/CSC[C@H](NC(=O)[C@@H](NC(=O)OC(C)(C)C)c1ccccc1)C(=O)O. The first-order valence-corrected chi connectivity index (χ1v) is 14.5. The lowest BCUT2D eigenvalue weighted by molar-refractivity contribution is -0.141. The fourth-order valence-electron chi connectivity index (χ4n) is 3.53. The predicted molar refractivity (Wildman–Crippen MR) is 168 cm³/mol. The molecule has 1 rings (SSSR count). The van der Waals surface area contributed by atoms with Crippen molar-refractivity contribution >= 4 is 29.7 Å². The monoisotopic (exact) mass is 574 g/mol. The van der Waals surface area contributed by atoms with Crippen molar-refractivity contribution in [3.05, 3.63) is 70.8 Å². The number of carboxylic acids is 1. The van der Waals surface area contributed by atoms with Crippen LogP contribution in [0.4, 0.5) is 4.79 Å². The van der Waals surface area contributed by atoms with E-state index in [1.54, 1.807) is 51.1 Å². The number of aliphatic carboxylic acids is 1. The zero-order valence-electron chi connectivity index (χ0n) is 24.5. The van der Waals surface area contributed by atoms with E-state index in [2.05, 4.69) is 56.6 Å². The van der Waals surface area contributed by atoms with E-state index in [4.69, 9.17) is 4.74 Å². The van der Waals surface area contributed by atoms with Gasteiger partial charge in [0.05, 0.1) is 0 Å². The van der Waals surface area contributed by atoms with Crippen molar-refractivity contribution in [2.45, 2.75) is 99.3 Å². The molecule has 0 saturated carbocycles. The molecule has 224 valence electrons. The molecule has 1 aromatic rings. The zero-order chi connectivity index (χ0) is 29.4. The summed E-state index contributed by atoms with van der Waals surface area (Å²) in [5, 5.41) is 14.9. The van der Waals surface area contributed by atoms with Crippen molar-refractivity contribution in [1.29, 1.82) is 0 Å². The van der Waals surface area contributed by atoms with Crippen LogP contribution in [0.25, 0.3) is 0 Å². The van der Waals surface area contributed by atoms with Gasteiger partial charge in [0.15, 0.2) is 0 Å². The minimum Gasteiger partial charge on any atom is -0.480 e. The number of benzene rings is 1. The lowest BCUT2D eigenvalue weighted by atomic mass is 10.1. The third kappa shape index (κ3) is 16.9. The number of hydrogen-bond donors (Lipinski definition) is 3. The fraction of sp³-hybridized carbons (Fsp3) is 0.531. The summed E-state index contributed by atoms with van der Waals surface area (Å²) in [5.74, 6) is -0.900. The van der Waals surface area contributed by atoms with E-state index in [-0.39, 0.29) is 13.2 Å². The Labute approximate surface area is 245 Å². The van der Waals surface area contributed by atoms with E-state index in [0.29, 0.717) is 11.3 Å². The van der Waals surface area contributed by atoms with Gasteiger partial charge < -0.3 is 20.5 Å². The smallest absolute Gasteiger partial charge is 0.408 e. The highest BCUT2D eigenvalue weighted by atomic mass is 32.2. The van der Waals surface area contributed by atoms with Gasteiger partial charge in [0.1, 0.15) is 17.7 Å². The molecule has 0 aliphatic heterocycles. The van der Waals surface area contributed by atoms with Gasteiger partial charge in [-0.05, 0) is 79.7 Å². The molecule has 40 heavy (non-hydrogen) atoms. The normalized spacial score (nSPS) is 13.4. The molecule has 0 aromatic heterocycles. The largest absolute Gasteiger partial charge is 0.480 e. The van der Waals surface area contributed by atoms with Crippen molar-refractivity contribution in [2.24, 2.45) is 0 Å². The van der Waals surface area contributed by atoms with Gasteiger partial charge in [-0.3, -0.25) is 4.79 Å². The lowest BCUT2D eigenvalue weighted by Gasteiger charge is -2.24. The number of hydrogen-bond acceptors (Lipinski definition) is 5. The van der Waals surface area contributed by atoms with Crippen LogP contribution in [0.15, 0.2) is 65.3 Å². The summed E-state index contributed by atoms with van der Waals surface area (Å²) in [7, 11) is 0. The molecular weight excluding hydrogens is 524 g/mol. The van der Waals surface area contributed by atoms with Gasteiger partial charge in [-0.15, -0.1) is 0 Å². The van der Waals surface area contributed by atoms with Crippen molar-refractivity contribution in [3.8, 4) is 0 Å². The molecule has 2 amide bonds. The van der Waals surface area contributed by atoms with Crippen LogP contribution in [0.1, 0.15) is 93.2 Å². The Balaban J connectivity index is 0.0000152. The Bertz CT molecular complexity index is 1020. The highest BCUT2D eigenvalue weighted by Crippen LogP contribution is 2.17. The summed E-state index contributed by atoms with van der Waals surface area (Å²) in [6, 6.07) is 6.48. The van der Waals surface area contributed by atoms with E-state index >= 15 is 0 Å². The Morgan fingerprint density at radius 1 is 0.925 bits per heavy atom. The van der Waals surface area contributed by atoms with Gasteiger partial charge in [-0.1, -0.05) is 72.7 Å². The van der Waals surface area contributed by atoms with E-state index in [0.717, 1.165) is 25.7 Å². The molecular formula is C32H50N2O5S. The topological polar surface area (TPSA) is 105 Å². The maximum Gasteiger partial charge on any atom is 0.408 e. The number of carbonyl (C=O) groups is 3. The van der Waals surface area contributed by atoms with E-state index in [9.17, 15) is 19.5 Å². The van der Waals surface area contributed by atoms with E-state index in [1.807, 2.05) is 0 Å². The summed E-state index contributed by atoms with van der Waals surface area (Å²) in [5.41, 5.74) is 3.77. The van der Waals surface area contributed by atoms with Crippen molar-refractivity contribution < 1.29 is 24.2 Å². The molecule has 0 aliphatic carbocycles. The van der Waals surface area contributed by atoms with Crippen LogP contribution >= 0.6 is 11.8 Å². The molecule has 0 bridgehead atoms. The number of ether oxygens (including phenoxy) is 1. The van der Waals surface area contributed by atoms with Gasteiger partial charge >= 0.3 is 12.1 Å². The number of rotatable bonds is 15. The first-order valence-electron chi connectivity index (χ1n) is 13.4. The summed E-state index contributed by atoms with van der Waals surface area (Å²) in [6.45, 7) is 13.6. The Kier molecular flexibility index (Phi) is 17.7. The van der Waals surface area contributed by atoms with Gasteiger partial charge in [0.2, 0.25) is 5.91 Å². The highest BCUT2D eigenvalue weighted by Gasteiger charge is 2.29. The second-order valence-corrected chi connectivity index (χ2v) is 12.0. The molecule has 0 fully saturated rings. The number of amides is 2. The van der Waals surface area contributed by atoms with Crippen molar-refractivity contribution in [2.75, 3.05) is 11.5 Å². The van der Waals surface area contributed by atoms with E-state index < -0.39 is 35.7 Å². The van der Waals surface area contributed by atoms with Gasteiger partial charge in [-0.25, -0.2) is 9.59 Å². The third-order valence-corrected chi connectivity index (χ3v) is 6.60. The third-order valence-electron chi connectivity index (χ3n) is 5.63. The summed E-state index contributed by atoms with van der Waals surface area (Å²) in [4.78, 5) is 37.4. The molecule has 8 heteroatoms. The Morgan fingerprint density at radius 2 is 1.50 bits per heavy atom. The number of thioether (sulfide) groups is 1. The molecule has 0 heterocycles. The van der Waals surface area contributed by atoms with Crippen LogP contribution < -0.4 is 10.6 Å². The first kappa shape index (κ1) is 37.0. The molecule has 7 nitrogen and oxygen atoms in total. The Morgan fingerprint density at radius 3 is 2.05 bits per heavy atom. The Hall–Kier alpha value is -3.00. The standard InChI is InChI=1S/C31H46N2O5S.CH4/c1-22(2)13-11-14-23(3)15-12-16-24(4)19-20-39-21-26(29(35)36)32-28(34)27(25-17-9-8-10-18-25)33-30(37)38-31(5,6)7;/h8-10,13,15,17-19,26-27H,11-12,14,16,20-21H2,1-7H3,(H,32,34)(H,33,37)(H,35,36);1H4/b23-15+,24-19+;/t26-,27-;/m0./s1. The second-order valence-electron chi connectivity index (χ2n) is 10.9. The average Bonchev–Trinajstić information content (AvgIpc) is 2.83. The molecule has 1 aromatic carbocycles. The van der Waals surface area contributed by atoms with Crippen LogP contribution in [-0.4, -0.2) is 46.2 Å². The van der Waals surface area contributed by atoms with Gasteiger partial charge in [-0.2, -0.15) is 11.8 Å². The van der Waals surface area contributed by atoms with Gasteiger partial charge in [0, 0.05) is 11.5 Å². The molecule has 0 saturated heterocycles. The number of allylic oxidation sites excluding steroid dienone is 5. The van der Waals surface area contributed by atoms with Crippen LogP contribution in [0, 0.1) is 0 Å². The van der Waals surface area contributed by atoms with E-state index in [1.165, 1.54) is 28.5 Å². The molecule has 3 N–H and O–H groups in total. The molecule has 2 atom stereocenters. The number of nitrogens with one attached hydrogen (secondary N) is 2. The quantitative estimate of drug-likeness (QED) is 0.147. The predicted octanol–water partition coefficient (Wildman–Crippen LogP) is 7.61. The first-order chi connectivity index (χ1) is 18.3. The highest BCUT2D eigenvalue weighted by molar-refractivity contribution is 7.99. The van der Waals surface area contributed by atoms with Crippen LogP contribution in [-0.2, 0) is 14.3 Å².